The molecule has 178 valence electrons. The van der Waals surface area contributed by atoms with Crippen molar-refractivity contribution in [3.8, 4) is 23.3 Å². The highest BCUT2D eigenvalue weighted by Crippen LogP contribution is 2.40. The zero-order valence-electron chi connectivity index (χ0n) is 20.6. The Hall–Kier alpha value is -2.75. The highest BCUT2D eigenvalue weighted by molar-refractivity contribution is 5.45. The van der Waals surface area contributed by atoms with Crippen molar-refractivity contribution in [2.24, 2.45) is 5.92 Å². The average molecular weight is 453 g/mol. The van der Waals surface area contributed by atoms with Gasteiger partial charge in [-0.2, -0.15) is 5.26 Å². The first-order valence-corrected chi connectivity index (χ1v) is 11.6. The third-order valence-electron chi connectivity index (χ3n) is 6.84. The molecule has 2 aromatic carbocycles. The van der Waals surface area contributed by atoms with E-state index in [2.05, 4.69) is 38.8 Å². The van der Waals surface area contributed by atoms with Crippen LogP contribution in [0.3, 0.4) is 0 Å². The van der Waals surface area contributed by atoms with Crippen LogP contribution in [0.15, 0.2) is 42.5 Å². The van der Waals surface area contributed by atoms with Crippen LogP contribution in [0.4, 0.5) is 0 Å². The highest BCUT2D eigenvalue weighted by atomic mass is 16.7. The molecule has 3 atom stereocenters. The molecule has 0 aliphatic carbocycles. The molecule has 0 radical (unpaired) electrons. The van der Waals surface area contributed by atoms with Gasteiger partial charge in [0.1, 0.15) is 17.2 Å². The largest absolute Gasteiger partial charge is 0.497 e. The molecule has 0 fully saturated rings. The second-order valence-electron chi connectivity index (χ2n) is 9.07. The van der Waals surface area contributed by atoms with Gasteiger partial charge in [0, 0.05) is 11.6 Å². The number of nitrogens with zero attached hydrogens (tertiary/aromatic N) is 2. The maximum absolute atomic E-state index is 10.3. The lowest BCUT2D eigenvalue weighted by atomic mass is 9.69. The van der Waals surface area contributed by atoms with E-state index in [-0.39, 0.29) is 18.2 Å². The fourth-order valence-electron chi connectivity index (χ4n) is 4.41. The molecule has 1 heterocycles. The standard InChI is InChI=1S/C27H36N2O4/c1-19(2)27(18-28,22-14-23(30-5)16-24(15-22)31-6)12-9-13-29(4)20(3)26-32-17-21-10-7-8-11-25(21)33-26/h7-8,10-11,14-16,19-20,26H,9,12-13,17H2,1-6H3. The zero-order chi connectivity index (χ0) is 24.0. The van der Waals surface area contributed by atoms with Crippen LogP contribution in [0.1, 0.15) is 44.7 Å². The van der Waals surface area contributed by atoms with Gasteiger partial charge in [-0.3, -0.25) is 4.90 Å². The molecule has 0 amide bonds. The van der Waals surface area contributed by atoms with Crippen molar-refractivity contribution >= 4 is 0 Å². The van der Waals surface area contributed by atoms with Gasteiger partial charge in [0.15, 0.2) is 0 Å². The Labute approximate surface area is 198 Å². The number of benzene rings is 2. The molecule has 6 heteroatoms. The second-order valence-corrected chi connectivity index (χ2v) is 9.07. The Morgan fingerprint density at radius 2 is 1.79 bits per heavy atom. The number of methoxy groups -OCH3 is 2. The molecule has 0 saturated carbocycles. The molecule has 1 aliphatic heterocycles. The van der Waals surface area contributed by atoms with Gasteiger partial charge in [-0.1, -0.05) is 32.0 Å². The van der Waals surface area contributed by atoms with E-state index in [4.69, 9.17) is 18.9 Å². The van der Waals surface area contributed by atoms with Gasteiger partial charge in [-0.25, -0.2) is 0 Å². The average Bonchev–Trinajstić information content (AvgIpc) is 2.85. The molecule has 1 aliphatic rings. The quantitative estimate of drug-likeness (QED) is 0.496. The minimum Gasteiger partial charge on any atom is -0.497 e. The minimum atomic E-state index is -0.636. The number of para-hydroxylation sites is 1. The van der Waals surface area contributed by atoms with Gasteiger partial charge < -0.3 is 18.9 Å². The lowest BCUT2D eigenvalue weighted by molar-refractivity contribution is -0.142. The number of rotatable bonds is 10. The molecular formula is C27H36N2O4. The van der Waals surface area contributed by atoms with Crippen molar-refractivity contribution in [3.63, 3.8) is 0 Å². The van der Waals surface area contributed by atoms with E-state index in [0.717, 1.165) is 36.3 Å². The van der Waals surface area contributed by atoms with Crippen LogP contribution in [0.5, 0.6) is 17.2 Å². The van der Waals surface area contributed by atoms with Crippen molar-refractivity contribution < 1.29 is 18.9 Å². The molecule has 3 rings (SSSR count). The van der Waals surface area contributed by atoms with Gasteiger partial charge >= 0.3 is 0 Å². The fourth-order valence-corrected chi connectivity index (χ4v) is 4.41. The van der Waals surface area contributed by atoms with Crippen molar-refractivity contribution in [3.05, 3.63) is 53.6 Å². The number of nitriles is 1. The Morgan fingerprint density at radius 1 is 1.12 bits per heavy atom. The summed E-state index contributed by atoms with van der Waals surface area (Å²) >= 11 is 0. The lowest BCUT2D eigenvalue weighted by Gasteiger charge is -2.36. The monoisotopic (exact) mass is 452 g/mol. The van der Waals surface area contributed by atoms with Crippen molar-refractivity contribution in [2.75, 3.05) is 27.8 Å². The minimum absolute atomic E-state index is 0.0748. The number of hydrogen-bond acceptors (Lipinski definition) is 6. The van der Waals surface area contributed by atoms with Crippen LogP contribution in [-0.4, -0.2) is 45.0 Å². The van der Waals surface area contributed by atoms with E-state index >= 15 is 0 Å². The topological polar surface area (TPSA) is 64.0 Å². The van der Waals surface area contributed by atoms with E-state index in [1.807, 2.05) is 42.5 Å². The summed E-state index contributed by atoms with van der Waals surface area (Å²) in [5.41, 5.74) is 1.37. The number of fused-ring (bicyclic) bond motifs is 1. The summed E-state index contributed by atoms with van der Waals surface area (Å²) in [6.45, 7) is 7.70. The predicted octanol–water partition coefficient (Wildman–Crippen LogP) is 5.16. The van der Waals surface area contributed by atoms with E-state index in [1.165, 1.54) is 0 Å². The summed E-state index contributed by atoms with van der Waals surface area (Å²) in [6, 6.07) is 16.5. The number of hydrogen-bond donors (Lipinski definition) is 0. The molecule has 0 N–H and O–H groups in total. The summed E-state index contributed by atoms with van der Waals surface area (Å²) in [5.74, 6) is 2.41. The summed E-state index contributed by atoms with van der Waals surface area (Å²) in [6.07, 6.45) is 1.26. The van der Waals surface area contributed by atoms with Crippen LogP contribution >= 0.6 is 0 Å². The lowest BCUT2D eigenvalue weighted by Crippen LogP contribution is -2.45. The van der Waals surface area contributed by atoms with Crippen LogP contribution in [-0.2, 0) is 16.8 Å². The summed E-state index contributed by atoms with van der Waals surface area (Å²) in [5, 5.41) is 10.3. The van der Waals surface area contributed by atoms with Crippen LogP contribution in [0.2, 0.25) is 0 Å². The molecule has 6 nitrogen and oxygen atoms in total. The normalized spacial score (nSPS) is 18.1. The van der Waals surface area contributed by atoms with Crippen LogP contribution < -0.4 is 14.2 Å². The fraction of sp³-hybridized carbons (Fsp3) is 0.519. The van der Waals surface area contributed by atoms with Crippen molar-refractivity contribution in [1.29, 1.82) is 5.26 Å². The third kappa shape index (κ3) is 5.43. The SMILES string of the molecule is COc1cc(OC)cc(C(C#N)(CCCN(C)C(C)C2OCc3ccccc3O2)C(C)C)c1. The summed E-state index contributed by atoms with van der Waals surface area (Å²) < 4.78 is 23.0. The van der Waals surface area contributed by atoms with Gasteiger partial charge in [-0.05, 0) is 63.0 Å². The molecule has 0 bridgehead atoms. The Balaban J connectivity index is 1.68. The molecule has 2 aromatic rings. The Kier molecular flexibility index (Phi) is 8.23. The molecule has 0 aromatic heterocycles. The van der Waals surface area contributed by atoms with E-state index in [0.29, 0.717) is 18.1 Å². The predicted molar refractivity (Wildman–Crippen MR) is 129 cm³/mol. The maximum atomic E-state index is 10.3. The summed E-state index contributed by atoms with van der Waals surface area (Å²) in [4.78, 5) is 2.24. The maximum Gasteiger partial charge on any atom is 0.215 e. The Morgan fingerprint density at radius 3 is 2.39 bits per heavy atom. The first-order valence-electron chi connectivity index (χ1n) is 11.6. The van der Waals surface area contributed by atoms with Gasteiger partial charge in [0.05, 0.1) is 38.4 Å². The number of ether oxygens (including phenoxy) is 4. The highest BCUT2D eigenvalue weighted by Gasteiger charge is 2.37. The third-order valence-corrected chi connectivity index (χ3v) is 6.84. The number of likely N-dealkylation sites (N-methyl/N-ethyl adjacent to an activating group) is 1. The van der Waals surface area contributed by atoms with E-state index < -0.39 is 5.41 Å². The Bertz CT molecular complexity index is 949. The van der Waals surface area contributed by atoms with Gasteiger partial charge in [-0.15, -0.1) is 0 Å². The summed E-state index contributed by atoms with van der Waals surface area (Å²) in [7, 11) is 5.34. The molecule has 0 spiro atoms. The smallest absolute Gasteiger partial charge is 0.215 e. The van der Waals surface area contributed by atoms with Crippen molar-refractivity contribution in [1.82, 2.24) is 4.90 Å². The first kappa shape index (κ1) is 24.9. The van der Waals surface area contributed by atoms with Gasteiger partial charge in [0.25, 0.3) is 0 Å². The molecule has 33 heavy (non-hydrogen) atoms. The molecular weight excluding hydrogens is 416 g/mol. The molecule has 3 unspecified atom stereocenters. The second kappa shape index (κ2) is 10.9. The van der Waals surface area contributed by atoms with Crippen LogP contribution in [0, 0.1) is 17.2 Å². The first-order chi connectivity index (χ1) is 15.8. The van der Waals surface area contributed by atoms with E-state index in [1.54, 1.807) is 14.2 Å². The molecule has 0 saturated heterocycles. The zero-order valence-corrected chi connectivity index (χ0v) is 20.6. The van der Waals surface area contributed by atoms with Crippen LogP contribution in [0.25, 0.3) is 0 Å². The van der Waals surface area contributed by atoms with E-state index in [9.17, 15) is 5.26 Å². The van der Waals surface area contributed by atoms with Crippen molar-refractivity contribution in [2.45, 2.75) is 58.0 Å². The van der Waals surface area contributed by atoms with Gasteiger partial charge in [0.2, 0.25) is 6.29 Å².